The predicted molar refractivity (Wildman–Crippen MR) is 98.7 cm³/mol. The molecule has 1 saturated carbocycles. The molecule has 128 valence electrons. The quantitative estimate of drug-likeness (QED) is 0.623. The molecule has 0 amide bonds. The van der Waals surface area contributed by atoms with Crippen LogP contribution in [-0.2, 0) is 0 Å². The first-order valence-corrected chi connectivity index (χ1v) is 9.17. The van der Waals surface area contributed by atoms with Gasteiger partial charge in [0.25, 0.3) is 5.79 Å². The van der Waals surface area contributed by atoms with Crippen LogP contribution in [0.15, 0.2) is 48.5 Å². The second-order valence-electron chi connectivity index (χ2n) is 7.01. The van der Waals surface area contributed by atoms with Crippen molar-refractivity contribution in [2.24, 2.45) is 0 Å². The summed E-state index contributed by atoms with van der Waals surface area (Å²) in [6, 6.07) is 16.6. The molecule has 0 atom stereocenters. The fraction of sp³-hybridized carbons (Fsp3) is 0.455. The van der Waals surface area contributed by atoms with Crippen molar-refractivity contribution in [2.45, 2.75) is 64.6 Å². The van der Waals surface area contributed by atoms with Crippen molar-refractivity contribution in [3.63, 3.8) is 0 Å². The molecule has 2 heteroatoms. The van der Waals surface area contributed by atoms with E-state index in [2.05, 4.69) is 38.1 Å². The van der Waals surface area contributed by atoms with Crippen LogP contribution >= 0.6 is 0 Å². The number of rotatable bonds is 4. The molecule has 0 bridgehead atoms. The average molecular weight is 324 g/mol. The maximum absolute atomic E-state index is 6.45. The summed E-state index contributed by atoms with van der Waals surface area (Å²) < 4.78 is 12.9. The molecule has 0 radical (unpaired) electrons. The van der Waals surface area contributed by atoms with Crippen molar-refractivity contribution >= 4 is 0 Å². The van der Waals surface area contributed by atoms with Crippen LogP contribution in [0.5, 0.6) is 11.5 Å². The van der Waals surface area contributed by atoms with E-state index in [0.29, 0.717) is 0 Å². The Morgan fingerprint density at radius 1 is 0.583 bits per heavy atom. The number of aryl methyl sites for hydroxylation is 2. The van der Waals surface area contributed by atoms with Gasteiger partial charge in [-0.3, -0.25) is 0 Å². The molecule has 1 aliphatic rings. The lowest BCUT2D eigenvalue weighted by molar-refractivity contribution is -0.130. The van der Waals surface area contributed by atoms with Crippen molar-refractivity contribution in [1.29, 1.82) is 0 Å². The van der Waals surface area contributed by atoms with Crippen LogP contribution in [0.4, 0.5) is 0 Å². The van der Waals surface area contributed by atoms with Crippen LogP contribution in [0.1, 0.15) is 56.1 Å². The molecule has 3 rings (SSSR count). The van der Waals surface area contributed by atoms with Gasteiger partial charge in [-0.05, 0) is 51.0 Å². The zero-order valence-corrected chi connectivity index (χ0v) is 14.9. The van der Waals surface area contributed by atoms with Crippen LogP contribution < -0.4 is 9.47 Å². The summed E-state index contributed by atoms with van der Waals surface area (Å²) in [5, 5.41) is 0. The number of hydrogen-bond donors (Lipinski definition) is 0. The van der Waals surface area contributed by atoms with Crippen LogP contribution in [-0.4, -0.2) is 5.79 Å². The molecule has 0 saturated heterocycles. The van der Waals surface area contributed by atoms with E-state index < -0.39 is 5.79 Å². The van der Waals surface area contributed by atoms with Gasteiger partial charge < -0.3 is 9.47 Å². The highest BCUT2D eigenvalue weighted by atomic mass is 16.7. The Kier molecular flexibility index (Phi) is 5.44. The lowest BCUT2D eigenvalue weighted by Crippen LogP contribution is -2.43. The van der Waals surface area contributed by atoms with Gasteiger partial charge >= 0.3 is 0 Å². The largest absolute Gasteiger partial charge is 0.452 e. The summed E-state index contributed by atoms with van der Waals surface area (Å²) in [7, 11) is 0. The highest BCUT2D eigenvalue weighted by molar-refractivity contribution is 5.29. The van der Waals surface area contributed by atoms with E-state index in [-0.39, 0.29) is 0 Å². The zero-order chi connectivity index (χ0) is 16.8. The second-order valence-corrected chi connectivity index (χ2v) is 7.01. The van der Waals surface area contributed by atoms with Crippen molar-refractivity contribution in [1.82, 2.24) is 0 Å². The predicted octanol–water partition coefficient (Wildman–Crippen LogP) is 6.20. The first kappa shape index (κ1) is 16.9. The average Bonchev–Trinajstić information content (AvgIpc) is 2.56. The normalized spacial score (nSPS) is 17.6. The third-order valence-corrected chi connectivity index (χ3v) is 4.77. The molecule has 0 N–H and O–H groups in total. The topological polar surface area (TPSA) is 18.5 Å². The molecule has 2 nitrogen and oxygen atoms in total. The molecule has 1 fully saturated rings. The Balaban J connectivity index is 1.83. The Bertz CT molecular complexity index is 571. The first-order valence-electron chi connectivity index (χ1n) is 9.17. The Morgan fingerprint density at radius 2 is 0.958 bits per heavy atom. The summed E-state index contributed by atoms with van der Waals surface area (Å²) in [6.07, 6.45) is 8.02. The standard InChI is InChI=1S/C22H28O2/c1-18-8-12-20(13-9-18)23-22(16-6-4-3-5-7-17-22)24-21-14-10-19(2)11-15-21/h8-15H,3-7,16-17H2,1-2H3. The molecule has 0 heterocycles. The van der Waals surface area contributed by atoms with Crippen LogP contribution in [0.2, 0.25) is 0 Å². The van der Waals surface area contributed by atoms with Crippen LogP contribution in [0.25, 0.3) is 0 Å². The van der Waals surface area contributed by atoms with Gasteiger partial charge in [0, 0.05) is 12.8 Å². The lowest BCUT2D eigenvalue weighted by Gasteiger charge is -2.36. The summed E-state index contributed by atoms with van der Waals surface area (Å²) in [5.41, 5.74) is 2.49. The first-order chi connectivity index (χ1) is 11.7. The third kappa shape index (κ3) is 4.53. The van der Waals surface area contributed by atoms with Gasteiger partial charge in [-0.25, -0.2) is 0 Å². The van der Waals surface area contributed by atoms with E-state index in [1.54, 1.807) is 0 Å². The lowest BCUT2D eigenvalue weighted by atomic mass is 9.95. The highest BCUT2D eigenvalue weighted by Gasteiger charge is 2.35. The monoisotopic (exact) mass is 324 g/mol. The molecule has 2 aromatic rings. The summed E-state index contributed by atoms with van der Waals surface area (Å²) >= 11 is 0. The van der Waals surface area contributed by atoms with Gasteiger partial charge in [0.05, 0.1) is 0 Å². The van der Waals surface area contributed by atoms with Crippen molar-refractivity contribution < 1.29 is 9.47 Å². The fourth-order valence-corrected chi connectivity index (χ4v) is 3.31. The summed E-state index contributed by atoms with van der Waals surface area (Å²) in [4.78, 5) is 0. The van der Waals surface area contributed by atoms with E-state index in [9.17, 15) is 0 Å². The zero-order valence-electron chi connectivity index (χ0n) is 14.9. The van der Waals surface area contributed by atoms with Crippen LogP contribution in [0, 0.1) is 13.8 Å². The third-order valence-electron chi connectivity index (χ3n) is 4.77. The summed E-state index contributed by atoms with van der Waals surface area (Å²) in [6.45, 7) is 4.19. The summed E-state index contributed by atoms with van der Waals surface area (Å²) in [5.74, 6) is 1.24. The number of benzene rings is 2. The van der Waals surface area contributed by atoms with E-state index in [4.69, 9.17) is 9.47 Å². The molecule has 0 aliphatic heterocycles. The molecule has 0 spiro atoms. The highest BCUT2D eigenvalue weighted by Crippen LogP contribution is 2.34. The molecule has 24 heavy (non-hydrogen) atoms. The number of ether oxygens (including phenoxy) is 2. The van der Waals surface area contributed by atoms with Gasteiger partial charge in [0.1, 0.15) is 11.5 Å². The van der Waals surface area contributed by atoms with E-state index in [1.165, 1.54) is 30.4 Å². The number of hydrogen-bond acceptors (Lipinski definition) is 2. The SMILES string of the molecule is Cc1ccc(OC2(Oc3ccc(C)cc3)CCCCCCC2)cc1. The van der Waals surface area contributed by atoms with Gasteiger partial charge in [-0.15, -0.1) is 0 Å². The molecule has 0 unspecified atom stereocenters. The minimum atomic E-state index is -0.551. The Labute approximate surface area is 145 Å². The molecule has 0 aromatic heterocycles. The van der Waals surface area contributed by atoms with Gasteiger partial charge in [-0.1, -0.05) is 54.7 Å². The fourth-order valence-electron chi connectivity index (χ4n) is 3.31. The smallest absolute Gasteiger partial charge is 0.251 e. The van der Waals surface area contributed by atoms with E-state index in [0.717, 1.165) is 37.2 Å². The molecular formula is C22H28O2. The Hall–Kier alpha value is -1.96. The van der Waals surface area contributed by atoms with Crippen molar-refractivity contribution in [3.8, 4) is 11.5 Å². The minimum Gasteiger partial charge on any atom is -0.452 e. The van der Waals surface area contributed by atoms with Gasteiger partial charge in [0.2, 0.25) is 0 Å². The van der Waals surface area contributed by atoms with Crippen LogP contribution in [0.3, 0.4) is 0 Å². The van der Waals surface area contributed by atoms with Crippen molar-refractivity contribution in [2.75, 3.05) is 0 Å². The van der Waals surface area contributed by atoms with E-state index in [1.807, 2.05) is 24.3 Å². The second kappa shape index (κ2) is 7.74. The maximum atomic E-state index is 6.45. The molecular weight excluding hydrogens is 296 g/mol. The molecule has 2 aromatic carbocycles. The van der Waals surface area contributed by atoms with Gasteiger partial charge in [-0.2, -0.15) is 0 Å². The maximum Gasteiger partial charge on any atom is 0.251 e. The van der Waals surface area contributed by atoms with E-state index >= 15 is 0 Å². The minimum absolute atomic E-state index is 0.551. The van der Waals surface area contributed by atoms with Gasteiger partial charge in [0.15, 0.2) is 0 Å². The Morgan fingerprint density at radius 3 is 1.38 bits per heavy atom. The molecule has 1 aliphatic carbocycles. The van der Waals surface area contributed by atoms with Crippen molar-refractivity contribution in [3.05, 3.63) is 59.7 Å².